The number of carbonyl (C=O) groups excluding carboxylic acids is 10. The van der Waals surface area contributed by atoms with E-state index in [4.69, 9.17) is 35.6 Å². The summed E-state index contributed by atoms with van der Waals surface area (Å²) in [6.07, 6.45) is 6.93. The summed E-state index contributed by atoms with van der Waals surface area (Å²) in [5, 5.41) is 18.7. The lowest BCUT2D eigenvalue weighted by atomic mass is 9.79. The smallest absolute Gasteiger partial charge is 0.246 e. The number of nitrogens with one attached hydrogen (secondary N) is 7. The molecule has 15 N–H and O–H groups in total. The molecule has 4 rings (SSSR count). The van der Waals surface area contributed by atoms with Crippen LogP contribution in [-0.4, -0.2) is 142 Å². The molecular formula is C48H75N13O10S2. The Balaban J connectivity index is 1.49. The fourth-order valence-corrected chi connectivity index (χ4v) is 10.00. The lowest BCUT2D eigenvalue weighted by Crippen LogP contribution is -2.66. The normalized spacial score (nSPS) is 19.0. The molecule has 0 radical (unpaired) electrons. The number of aliphatic imine (C=N–C) groups is 1. The summed E-state index contributed by atoms with van der Waals surface area (Å²) >= 11 is 9.08. The van der Waals surface area contributed by atoms with Gasteiger partial charge in [-0.15, -0.1) is 0 Å². The van der Waals surface area contributed by atoms with Crippen molar-refractivity contribution in [2.75, 3.05) is 25.4 Å². The van der Waals surface area contributed by atoms with E-state index in [1.807, 2.05) is 0 Å². The molecule has 404 valence electrons. The first-order valence-corrected chi connectivity index (χ1v) is 26.1. The van der Waals surface area contributed by atoms with Crippen LogP contribution in [0, 0.1) is 5.92 Å². The summed E-state index contributed by atoms with van der Waals surface area (Å²) in [6.45, 7) is 3.02. The predicted octanol–water partition coefficient (Wildman–Crippen LogP) is -1.79. The van der Waals surface area contributed by atoms with Crippen molar-refractivity contribution < 1.29 is 47.9 Å². The molecule has 1 aromatic rings. The molecule has 0 aromatic heterocycles. The second-order valence-electron chi connectivity index (χ2n) is 19.5. The van der Waals surface area contributed by atoms with E-state index in [2.05, 4.69) is 54.8 Å². The van der Waals surface area contributed by atoms with Gasteiger partial charge in [-0.1, -0.05) is 82.7 Å². The first-order chi connectivity index (χ1) is 34.6. The molecular weight excluding hydrogens is 983 g/mol. The average molecular weight is 1060 g/mol. The fourth-order valence-electron chi connectivity index (χ4n) is 9.38. The number of guanidine groups is 1. The molecule has 3 aliphatic rings. The van der Waals surface area contributed by atoms with Crippen LogP contribution in [0.4, 0.5) is 0 Å². The van der Waals surface area contributed by atoms with Gasteiger partial charge in [0.15, 0.2) is 5.96 Å². The zero-order valence-electron chi connectivity index (χ0n) is 41.8. The molecule has 0 bridgehead atoms. The first-order valence-electron chi connectivity index (χ1n) is 25.0. The van der Waals surface area contributed by atoms with E-state index in [0.29, 0.717) is 50.5 Å². The Morgan fingerprint density at radius 2 is 1.32 bits per heavy atom. The quantitative estimate of drug-likeness (QED) is 0.0212. The Labute approximate surface area is 437 Å². The van der Waals surface area contributed by atoms with Crippen LogP contribution in [0.2, 0.25) is 0 Å². The van der Waals surface area contributed by atoms with Crippen molar-refractivity contribution in [1.29, 1.82) is 0 Å². The molecule has 2 saturated carbocycles. The second-order valence-corrected chi connectivity index (χ2v) is 20.7. The molecule has 1 saturated heterocycles. The third-order valence-electron chi connectivity index (χ3n) is 13.4. The Kier molecular flexibility index (Phi) is 23.1. The summed E-state index contributed by atoms with van der Waals surface area (Å²) < 4.78 is -0.927. The zero-order chi connectivity index (χ0) is 53.9. The molecule has 10 amide bonds. The minimum absolute atomic E-state index is 0.0182. The van der Waals surface area contributed by atoms with E-state index in [9.17, 15) is 47.9 Å². The highest BCUT2D eigenvalue weighted by atomic mass is 32.1. The Bertz CT molecular complexity index is 2170. The summed E-state index contributed by atoms with van der Waals surface area (Å²) in [6, 6.07) is 1.09. The van der Waals surface area contributed by atoms with Gasteiger partial charge >= 0.3 is 0 Å². The largest absolute Gasteiger partial charge is 0.370 e. The fraction of sp³-hybridized carbons (Fsp3) is 0.646. The maximum atomic E-state index is 14.5. The van der Waals surface area contributed by atoms with Gasteiger partial charge in [-0.2, -0.15) is 25.3 Å². The number of likely N-dealkylation sites (tertiary alicyclic amines) is 1. The highest BCUT2D eigenvalue weighted by Crippen LogP contribution is 2.36. The van der Waals surface area contributed by atoms with Crippen molar-refractivity contribution in [3.05, 3.63) is 35.9 Å². The highest BCUT2D eigenvalue weighted by molar-refractivity contribution is 7.82. The van der Waals surface area contributed by atoms with Crippen LogP contribution >= 0.6 is 25.3 Å². The molecule has 3 fully saturated rings. The van der Waals surface area contributed by atoms with E-state index in [0.717, 1.165) is 25.7 Å². The zero-order valence-corrected chi connectivity index (χ0v) is 43.5. The molecule has 0 spiro atoms. The molecule has 1 aliphatic heterocycles. The van der Waals surface area contributed by atoms with Crippen molar-refractivity contribution >= 4 is 90.3 Å². The van der Waals surface area contributed by atoms with E-state index in [-0.39, 0.29) is 56.4 Å². The first kappa shape index (κ1) is 59.5. The lowest BCUT2D eigenvalue weighted by molar-refractivity contribution is -0.142. The molecule has 23 nitrogen and oxygen atoms in total. The number of nitrogens with zero attached hydrogens (tertiary/aromatic N) is 2. The highest BCUT2D eigenvalue weighted by Gasteiger charge is 2.47. The van der Waals surface area contributed by atoms with Crippen LogP contribution < -0.4 is 60.2 Å². The van der Waals surface area contributed by atoms with E-state index in [1.165, 1.54) is 4.90 Å². The van der Waals surface area contributed by atoms with Gasteiger partial charge in [0.2, 0.25) is 59.1 Å². The van der Waals surface area contributed by atoms with E-state index in [1.54, 1.807) is 44.2 Å². The minimum atomic E-state index is -1.65. The number of nitrogens with two attached hydrogens (primary N) is 4. The van der Waals surface area contributed by atoms with Gasteiger partial charge in [0.1, 0.15) is 41.8 Å². The number of hydrogen-bond acceptors (Lipinski definition) is 13. The average Bonchev–Trinajstić information content (AvgIpc) is 3.85. The van der Waals surface area contributed by atoms with Gasteiger partial charge in [0.25, 0.3) is 0 Å². The number of carbonyl (C=O) groups is 10. The molecule has 1 heterocycles. The van der Waals surface area contributed by atoms with Gasteiger partial charge in [-0.3, -0.25) is 52.9 Å². The molecule has 0 unspecified atom stereocenters. The summed E-state index contributed by atoms with van der Waals surface area (Å²) in [4.78, 5) is 140. The number of rotatable bonds is 26. The van der Waals surface area contributed by atoms with Crippen molar-refractivity contribution in [2.24, 2.45) is 33.8 Å². The van der Waals surface area contributed by atoms with Gasteiger partial charge < -0.3 is 65.1 Å². The van der Waals surface area contributed by atoms with Gasteiger partial charge in [-0.05, 0) is 62.8 Å². The van der Waals surface area contributed by atoms with Crippen LogP contribution in [0.5, 0.6) is 0 Å². The maximum Gasteiger partial charge on any atom is 0.246 e. The van der Waals surface area contributed by atoms with E-state index < -0.39 is 119 Å². The summed E-state index contributed by atoms with van der Waals surface area (Å²) in [7, 11) is 0. The number of amides is 10. The van der Waals surface area contributed by atoms with Crippen molar-refractivity contribution in [3.63, 3.8) is 0 Å². The Morgan fingerprint density at radius 3 is 1.90 bits per heavy atom. The minimum Gasteiger partial charge on any atom is -0.370 e. The summed E-state index contributed by atoms with van der Waals surface area (Å²) in [5.74, 6) is -8.44. The van der Waals surface area contributed by atoms with Crippen LogP contribution in [-0.2, 0) is 54.4 Å². The predicted molar refractivity (Wildman–Crippen MR) is 278 cm³/mol. The number of thiol groups is 2. The Hall–Kier alpha value is -6.11. The molecule has 1 aromatic carbocycles. The van der Waals surface area contributed by atoms with Crippen LogP contribution in [0.15, 0.2) is 35.3 Å². The van der Waals surface area contributed by atoms with Crippen LogP contribution in [0.1, 0.15) is 116 Å². The van der Waals surface area contributed by atoms with Gasteiger partial charge in [0.05, 0.1) is 17.7 Å². The third kappa shape index (κ3) is 17.8. The number of hydrogen-bond donors (Lipinski definition) is 13. The van der Waals surface area contributed by atoms with E-state index >= 15 is 0 Å². The lowest BCUT2D eigenvalue weighted by Gasteiger charge is -2.41. The monoisotopic (exact) mass is 1060 g/mol. The second kappa shape index (κ2) is 28.4. The van der Waals surface area contributed by atoms with Gasteiger partial charge in [-0.25, -0.2) is 0 Å². The molecule has 6 atom stereocenters. The third-order valence-corrected chi connectivity index (χ3v) is 14.5. The summed E-state index contributed by atoms with van der Waals surface area (Å²) in [5.41, 5.74) is 20.9. The maximum absolute atomic E-state index is 14.5. The Morgan fingerprint density at radius 1 is 0.699 bits per heavy atom. The van der Waals surface area contributed by atoms with Crippen molar-refractivity contribution in [2.45, 2.75) is 163 Å². The van der Waals surface area contributed by atoms with Crippen LogP contribution in [0.25, 0.3) is 0 Å². The molecule has 2 aliphatic carbocycles. The topological polar surface area (TPSA) is 375 Å². The van der Waals surface area contributed by atoms with Crippen molar-refractivity contribution in [3.8, 4) is 0 Å². The standard InChI is InChI=1S/C48H75N13O10S2/c1-28(2)37(59-40(66)31(24-29-14-6-3-7-15-29)58-44(70)47(18-8-4-9-19-47)60-45(71)48(73)20-10-5-11-21-48)42(68)56-32(25-35(49)62)39(65)57-33(27-72)43(69)61-23-13-17-34(61)41(67)55-30(16-12-22-53-46(51)52)38(64)54-26-36(50)63/h3,6-7,14-15,28,30-34,37,72-73H,4-5,8-13,16-27H2,1-2H3,(H2,49,62)(H2,50,63)(H,54,64)(H,55,67)(H,56,68)(H,57,65)(H,58,70)(H,59,66)(H,60,71)(H4,51,52,53)/t30-,31-,32-,33-,34-,37-/m0/s1. The number of primary amides is 2. The van der Waals surface area contributed by atoms with Crippen molar-refractivity contribution in [1.82, 2.24) is 42.1 Å². The van der Waals surface area contributed by atoms with Gasteiger partial charge in [0, 0.05) is 25.3 Å². The molecule has 73 heavy (non-hydrogen) atoms. The SMILES string of the molecule is CC(C)[C@H](NC(=O)[C@H](Cc1ccccc1)NC(=O)C1(NC(=O)C2(S)CCCCC2)CCCCC1)C(=O)N[C@@H](CC(N)=O)C(=O)N[C@@H](CS)C(=O)N1CCC[C@H]1C(=O)N[C@@H](CCCN=C(N)N)C(=O)NCC(N)=O. The number of benzene rings is 1. The molecule has 25 heteroatoms. The van der Waals surface area contributed by atoms with Crippen LogP contribution in [0.3, 0.4) is 0 Å².